The van der Waals surface area contributed by atoms with Crippen molar-refractivity contribution < 1.29 is 23.9 Å². The van der Waals surface area contributed by atoms with Gasteiger partial charge in [-0.1, -0.05) is 24.3 Å². The second-order valence-corrected chi connectivity index (χ2v) is 7.90. The number of carbonyl (C=O) groups is 3. The van der Waals surface area contributed by atoms with Gasteiger partial charge < -0.3 is 14.8 Å². The molecule has 0 aromatic heterocycles. The molecule has 8 heteroatoms. The maximum atomic E-state index is 12.9. The van der Waals surface area contributed by atoms with E-state index in [0.29, 0.717) is 33.9 Å². The Labute approximate surface area is 189 Å². The van der Waals surface area contributed by atoms with Gasteiger partial charge >= 0.3 is 0 Å². The van der Waals surface area contributed by atoms with Gasteiger partial charge in [0.25, 0.3) is 17.7 Å². The van der Waals surface area contributed by atoms with Crippen molar-refractivity contribution in [3.05, 3.63) is 83.4 Å². The highest BCUT2D eigenvalue weighted by Crippen LogP contribution is 2.31. The van der Waals surface area contributed by atoms with Gasteiger partial charge in [0.05, 0.1) is 31.2 Å². The summed E-state index contributed by atoms with van der Waals surface area (Å²) in [5, 5.41) is 2.85. The topological polar surface area (TPSA) is 84.9 Å². The quantitative estimate of drug-likeness (QED) is 0.429. The summed E-state index contributed by atoms with van der Waals surface area (Å²) in [5.74, 6) is -0.00109. The van der Waals surface area contributed by atoms with Gasteiger partial charge in [0.15, 0.2) is 0 Å². The maximum Gasteiger partial charge on any atom is 0.263 e. The van der Waals surface area contributed by atoms with E-state index in [0.717, 1.165) is 4.90 Å². The Hall–Kier alpha value is -3.78. The van der Waals surface area contributed by atoms with Crippen LogP contribution in [0.25, 0.3) is 0 Å². The molecule has 1 N–H and O–H groups in total. The Balaban J connectivity index is 1.47. The number of imide groups is 1. The lowest BCUT2D eigenvalue weighted by atomic mass is 10.1. The van der Waals surface area contributed by atoms with Crippen LogP contribution in [0.2, 0.25) is 0 Å². The molecule has 0 atom stereocenters. The molecule has 1 heterocycles. The van der Waals surface area contributed by atoms with Crippen molar-refractivity contribution in [1.29, 1.82) is 0 Å². The van der Waals surface area contributed by atoms with Gasteiger partial charge in [0.1, 0.15) is 17.1 Å². The minimum absolute atomic E-state index is 0.171. The Morgan fingerprint density at radius 2 is 1.47 bits per heavy atom. The van der Waals surface area contributed by atoms with Crippen LogP contribution in [0, 0.1) is 0 Å². The second kappa shape index (κ2) is 9.15. The van der Waals surface area contributed by atoms with Gasteiger partial charge in [-0.3, -0.25) is 19.3 Å². The van der Waals surface area contributed by atoms with Crippen LogP contribution in [-0.4, -0.2) is 42.7 Å². The Bertz CT molecular complexity index is 1150. The molecule has 7 nitrogen and oxygen atoms in total. The number of anilines is 1. The average Bonchev–Trinajstić information content (AvgIpc) is 3.07. The third-order valence-electron chi connectivity index (χ3n) is 4.99. The number of amides is 3. The monoisotopic (exact) mass is 448 g/mol. The molecule has 162 valence electrons. The first-order valence-corrected chi connectivity index (χ1v) is 10.7. The molecular weight excluding hydrogens is 428 g/mol. The summed E-state index contributed by atoms with van der Waals surface area (Å²) in [6.07, 6.45) is 0. The molecule has 4 rings (SSSR count). The summed E-state index contributed by atoms with van der Waals surface area (Å²) in [7, 11) is 2.98. The predicted octanol–water partition coefficient (Wildman–Crippen LogP) is 4.30. The number of ether oxygens (including phenoxy) is 2. The fourth-order valence-corrected chi connectivity index (χ4v) is 4.33. The van der Waals surface area contributed by atoms with E-state index >= 15 is 0 Å². The molecule has 3 amide bonds. The van der Waals surface area contributed by atoms with Gasteiger partial charge in [-0.15, -0.1) is 11.8 Å². The van der Waals surface area contributed by atoms with Crippen LogP contribution < -0.4 is 14.8 Å². The molecule has 0 saturated heterocycles. The van der Waals surface area contributed by atoms with Crippen molar-refractivity contribution in [3.8, 4) is 11.5 Å². The zero-order valence-electron chi connectivity index (χ0n) is 17.5. The van der Waals surface area contributed by atoms with Crippen molar-refractivity contribution in [1.82, 2.24) is 4.90 Å². The third kappa shape index (κ3) is 4.04. The lowest BCUT2D eigenvalue weighted by molar-refractivity contribution is 0.0683. The molecule has 32 heavy (non-hydrogen) atoms. The molecule has 0 spiro atoms. The molecule has 3 aromatic carbocycles. The largest absolute Gasteiger partial charge is 0.496 e. The van der Waals surface area contributed by atoms with Crippen molar-refractivity contribution in [2.45, 2.75) is 4.90 Å². The highest BCUT2D eigenvalue weighted by Gasteiger charge is 2.34. The van der Waals surface area contributed by atoms with Crippen molar-refractivity contribution in [2.24, 2.45) is 0 Å². The standard InChI is InChI=1S/C24H20N2O5S/c1-30-19-11-6-12-20(31-2)21(19)22(27)25-15-7-5-8-16(13-15)32-14-26-23(28)17-9-3-4-10-18(17)24(26)29/h3-13H,14H2,1-2H3,(H,25,27). The first kappa shape index (κ1) is 21.5. The lowest BCUT2D eigenvalue weighted by Crippen LogP contribution is -2.29. The Morgan fingerprint density at radius 1 is 0.875 bits per heavy atom. The summed E-state index contributed by atoms with van der Waals surface area (Å²) in [6, 6.07) is 19.1. The number of thioether (sulfide) groups is 1. The molecule has 0 bridgehead atoms. The molecular formula is C24H20N2O5S. The molecule has 1 aliphatic rings. The number of hydrogen-bond acceptors (Lipinski definition) is 6. The summed E-state index contributed by atoms with van der Waals surface area (Å²) >= 11 is 1.33. The van der Waals surface area contributed by atoms with Crippen molar-refractivity contribution in [3.63, 3.8) is 0 Å². The lowest BCUT2D eigenvalue weighted by Gasteiger charge is -2.15. The summed E-state index contributed by atoms with van der Waals surface area (Å²) in [4.78, 5) is 40.0. The maximum absolute atomic E-state index is 12.9. The summed E-state index contributed by atoms with van der Waals surface area (Å²) < 4.78 is 10.6. The molecule has 0 aliphatic carbocycles. The van der Waals surface area contributed by atoms with Crippen LogP contribution in [0.5, 0.6) is 11.5 Å². The van der Waals surface area contributed by atoms with Gasteiger partial charge in [-0.05, 0) is 42.5 Å². The van der Waals surface area contributed by atoms with E-state index in [1.165, 1.54) is 30.9 Å². The summed E-state index contributed by atoms with van der Waals surface area (Å²) in [6.45, 7) is 0. The van der Waals surface area contributed by atoms with Crippen LogP contribution in [0.1, 0.15) is 31.1 Å². The number of nitrogens with zero attached hydrogens (tertiary/aromatic N) is 1. The SMILES string of the molecule is COc1cccc(OC)c1C(=O)Nc1cccc(SCN2C(=O)c3ccccc3C2=O)c1. The number of fused-ring (bicyclic) bond motifs is 1. The van der Waals surface area contributed by atoms with Gasteiger partial charge in [0, 0.05) is 10.6 Å². The van der Waals surface area contributed by atoms with E-state index in [9.17, 15) is 14.4 Å². The minimum Gasteiger partial charge on any atom is -0.496 e. The van der Waals surface area contributed by atoms with E-state index in [1.807, 2.05) is 6.07 Å². The van der Waals surface area contributed by atoms with E-state index < -0.39 is 0 Å². The first-order chi connectivity index (χ1) is 15.5. The van der Waals surface area contributed by atoms with Crippen LogP contribution in [-0.2, 0) is 0 Å². The van der Waals surface area contributed by atoms with Gasteiger partial charge in [-0.2, -0.15) is 0 Å². The molecule has 0 fully saturated rings. The van der Waals surface area contributed by atoms with E-state index in [4.69, 9.17) is 9.47 Å². The number of benzene rings is 3. The number of carbonyl (C=O) groups excluding carboxylic acids is 3. The fraction of sp³-hybridized carbons (Fsp3) is 0.125. The minimum atomic E-state index is -0.373. The average molecular weight is 449 g/mol. The Kier molecular flexibility index (Phi) is 6.13. The van der Waals surface area contributed by atoms with E-state index in [2.05, 4.69) is 5.32 Å². The summed E-state index contributed by atoms with van der Waals surface area (Å²) in [5.41, 5.74) is 1.70. The van der Waals surface area contributed by atoms with E-state index in [-0.39, 0.29) is 23.6 Å². The zero-order chi connectivity index (χ0) is 22.7. The highest BCUT2D eigenvalue weighted by atomic mass is 32.2. The Morgan fingerprint density at radius 3 is 2.06 bits per heavy atom. The normalized spacial score (nSPS) is 12.5. The van der Waals surface area contributed by atoms with E-state index in [1.54, 1.807) is 60.7 Å². The molecule has 3 aromatic rings. The van der Waals surface area contributed by atoms with Crippen molar-refractivity contribution in [2.75, 3.05) is 25.4 Å². The van der Waals surface area contributed by atoms with Gasteiger partial charge in [-0.25, -0.2) is 0 Å². The second-order valence-electron chi connectivity index (χ2n) is 6.88. The van der Waals surface area contributed by atoms with Crippen LogP contribution >= 0.6 is 11.8 Å². The van der Waals surface area contributed by atoms with Crippen molar-refractivity contribution >= 4 is 35.2 Å². The van der Waals surface area contributed by atoms with Crippen LogP contribution in [0.3, 0.4) is 0 Å². The fourth-order valence-electron chi connectivity index (χ4n) is 3.43. The number of methoxy groups -OCH3 is 2. The molecule has 0 radical (unpaired) electrons. The smallest absolute Gasteiger partial charge is 0.263 e. The zero-order valence-corrected chi connectivity index (χ0v) is 18.3. The highest BCUT2D eigenvalue weighted by molar-refractivity contribution is 7.99. The van der Waals surface area contributed by atoms with Gasteiger partial charge in [0.2, 0.25) is 0 Å². The molecule has 0 unspecified atom stereocenters. The molecule has 0 saturated carbocycles. The predicted molar refractivity (Wildman–Crippen MR) is 122 cm³/mol. The number of nitrogens with one attached hydrogen (secondary N) is 1. The first-order valence-electron chi connectivity index (χ1n) is 9.74. The third-order valence-corrected chi connectivity index (χ3v) is 5.96. The van der Waals surface area contributed by atoms with Crippen LogP contribution in [0.15, 0.2) is 71.6 Å². The van der Waals surface area contributed by atoms with Crippen LogP contribution in [0.4, 0.5) is 5.69 Å². The molecule has 1 aliphatic heterocycles. The number of hydrogen-bond donors (Lipinski definition) is 1. The number of rotatable bonds is 7.